The molecule has 1 saturated carbocycles. The molecule has 0 bridgehead atoms. The zero-order valence-corrected chi connectivity index (χ0v) is 12.5. The topological polar surface area (TPSA) is 32.7 Å². The van der Waals surface area contributed by atoms with E-state index in [9.17, 15) is 5.11 Å². The summed E-state index contributed by atoms with van der Waals surface area (Å²) in [5.74, 6) is 1.26. The molecule has 1 aliphatic carbocycles. The third-order valence-corrected chi connectivity index (χ3v) is 5.42. The van der Waals surface area contributed by atoms with Crippen LogP contribution >= 0.6 is 11.8 Å². The first kappa shape index (κ1) is 14.6. The van der Waals surface area contributed by atoms with Crippen LogP contribution in [0.1, 0.15) is 32.6 Å². The van der Waals surface area contributed by atoms with E-state index < -0.39 is 0 Å². The van der Waals surface area contributed by atoms with E-state index in [1.165, 1.54) is 18.7 Å². The van der Waals surface area contributed by atoms with Crippen molar-refractivity contribution in [3.63, 3.8) is 0 Å². The molecule has 2 fully saturated rings. The van der Waals surface area contributed by atoms with Crippen molar-refractivity contribution in [3.05, 3.63) is 0 Å². The zero-order valence-electron chi connectivity index (χ0n) is 11.7. The summed E-state index contributed by atoms with van der Waals surface area (Å²) >= 11 is 1.93. The number of hydrogen-bond acceptors (Lipinski definition) is 4. The van der Waals surface area contributed by atoms with Gasteiger partial charge in [-0.1, -0.05) is 0 Å². The summed E-state index contributed by atoms with van der Waals surface area (Å²) in [5, 5.41) is 10.1. The molecule has 3 nitrogen and oxygen atoms in total. The highest BCUT2D eigenvalue weighted by molar-refractivity contribution is 7.98. The lowest BCUT2D eigenvalue weighted by Crippen LogP contribution is -2.62. The highest BCUT2D eigenvalue weighted by Crippen LogP contribution is 2.50. The van der Waals surface area contributed by atoms with Crippen LogP contribution < -0.4 is 0 Å². The van der Waals surface area contributed by atoms with Crippen molar-refractivity contribution >= 4 is 11.8 Å². The predicted molar refractivity (Wildman–Crippen MR) is 77.1 cm³/mol. The maximum Gasteiger partial charge on any atom is 0.0681 e. The Kier molecular flexibility index (Phi) is 5.36. The van der Waals surface area contributed by atoms with Gasteiger partial charge in [-0.3, -0.25) is 0 Å². The number of rotatable bonds is 6. The van der Waals surface area contributed by atoms with E-state index in [1.54, 1.807) is 0 Å². The first-order valence-electron chi connectivity index (χ1n) is 7.24. The maximum absolute atomic E-state index is 10.1. The Morgan fingerprint density at radius 3 is 2.67 bits per heavy atom. The molecule has 1 N–H and O–H groups in total. The minimum absolute atomic E-state index is 0.0893. The van der Waals surface area contributed by atoms with Crippen molar-refractivity contribution in [2.75, 3.05) is 38.2 Å². The first-order chi connectivity index (χ1) is 8.73. The van der Waals surface area contributed by atoms with Gasteiger partial charge in [-0.15, -0.1) is 0 Å². The lowest BCUT2D eigenvalue weighted by Gasteiger charge is -2.56. The Morgan fingerprint density at radius 2 is 2.11 bits per heavy atom. The van der Waals surface area contributed by atoms with Crippen molar-refractivity contribution in [1.29, 1.82) is 0 Å². The van der Waals surface area contributed by atoms with Gasteiger partial charge in [0.25, 0.3) is 0 Å². The van der Waals surface area contributed by atoms with Crippen molar-refractivity contribution in [2.45, 2.75) is 44.8 Å². The van der Waals surface area contributed by atoms with E-state index in [0.717, 1.165) is 39.0 Å². The van der Waals surface area contributed by atoms with Crippen LogP contribution in [0.2, 0.25) is 0 Å². The molecule has 0 aromatic heterocycles. The van der Waals surface area contributed by atoms with Crippen molar-refractivity contribution in [3.8, 4) is 0 Å². The molecule has 1 spiro atoms. The fourth-order valence-corrected chi connectivity index (χ4v) is 3.86. The van der Waals surface area contributed by atoms with Crippen molar-refractivity contribution < 1.29 is 9.84 Å². The van der Waals surface area contributed by atoms with Crippen LogP contribution in [-0.2, 0) is 4.74 Å². The van der Waals surface area contributed by atoms with Gasteiger partial charge in [0.05, 0.1) is 12.2 Å². The van der Waals surface area contributed by atoms with E-state index in [1.807, 2.05) is 11.8 Å². The van der Waals surface area contributed by atoms with Gasteiger partial charge in [0.2, 0.25) is 0 Å². The van der Waals surface area contributed by atoms with Crippen LogP contribution in [0.25, 0.3) is 0 Å². The van der Waals surface area contributed by atoms with Gasteiger partial charge in [0, 0.05) is 18.4 Å². The molecule has 1 saturated heterocycles. The summed E-state index contributed by atoms with van der Waals surface area (Å²) in [6.07, 6.45) is 6.71. The number of likely N-dealkylation sites (tertiary alicyclic amines) is 1. The molecule has 0 amide bonds. The normalized spacial score (nSPS) is 31.5. The molecule has 106 valence electrons. The van der Waals surface area contributed by atoms with Gasteiger partial charge < -0.3 is 14.7 Å². The zero-order chi connectivity index (χ0) is 13.0. The van der Waals surface area contributed by atoms with Gasteiger partial charge in [0.1, 0.15) is 0 Å². The molecule has 2 atom stereocenters. The molecule has 0 aromatic rings. The van der Waals surface area contributed by atoms with Crippen LogP contribution in [0, 0.1) is 5.41 Å². The third kappa shape index (κ3) is 2.87. The van der Waals surface area contributed by atoms with Crippen molar-refractivity contribution in [1.82, 2.24) is 4.90 Å². The Balaban J connectivity index is 1.78. The summed E-state index contributed by atoms with van der Waals surface area (Å²) in [6, 6.07) is 0. The number of aliphatic hydroxyl groups is 1. The second kappa shape index (κ2) is 6.60. The number of ether oxygens (including phenoxy) is 1. The van der Waals surface area contributed by atoms with Gasteiger partial charge in [-0.2, -0.15) is 11.8 Å². The minimum Gasteiger partial charge on any atom is -0.392 e. The SMILES string of the molecule is CCOC1CC(O)C12CCN(CCCSC)CC2. The predicted octanol–water partition coefficient (Wildman–Crippen LogP) is 1.99. The van der Waals surface area contributed by atoms with E-state index in [0.29, 0.717) is 6.10 Å². The number of hydrogen-bond donors (Lipinski definition) is 1. The molecule has 0 aromatic carbocycles. The van der Waals surface area contributed by atoms with Gasteiger partial charge in [0.15, 0.2) is 0 Å². The number of thioether (sulfide) groups is 1. The lowest BCUT2D eigenvalue weighted by atomic mass is 9.58. The average Bonchev–Trinajstić information content (AvgIpc) is 2.40. The average molecular weight is 273 g/mol. The van der Waals surface area contributed by atoms with Crippen LogP contribution in [0.4, 0.5) is 0 Å². The third-order valence-electron chi connectivity index (χ3n) is 4.72. The highest BCUT2D eigenvalue weighted by atomic mass is 32.2. The molecule has 0 radical (unpaired) electrons. The summed E-state index contributed by atoms with van der Waals surface area (Å²) in [5.41, 5.74) is 0.0893. The van der Waals surface area contributed by atoms with E-state index in [-0.39, 0.29) is 11.5 Å². The van der Waals surface area contributed by atoms with E-state index in [2.05, 4.69) is 18.1 Å². The molecule has 4 heteroatoms. The molecule has 1 aliphatic heterocycles. The Bertz CT molecular complexity index is 252. The molecular formula is C14H27NO2S. The van der Waals surface area contributed by atoms with Crippen LogP contribution in [-0.4, -0.2) is 60.5 Å². The largest absolute Gasteiger partial charge is 0.392 e. The Hall–Kier alpha value is 0.230. The van der Waals surface area contributed by atoms with E-state index in [4.69, 9.17) is 4.74 Å². The lowest BCUT2D eigenvalue weighted by molar-refractivity contribution is -0.209. The summed E-state index contributed by atoms with van der Waals surface area (Å²) < 4.78 is 5.79. The first-order valence-corrected chi connectivity index (χ1v) is 8.63. The summed E-state index contributed by atoms with van der Waals surface area (Å²) in [4.78, 5) is 2.55. The molecular weight excluding hydrogens is 246 g/mol. The second-order valence-electron chi connectivity index (χ2n) is 5.62. The smallest absolute Gasteiger partial charge is 0.0681 e. The Labute approximate surface area is 115 Å². The van der Waals surface area contributed by atoms with Crippen molar-refractivity contribution in [2.24, 2.45) is 5.41 Å². The Morgan fingerprint density at radius 1 is 1.39 bits per heavy atom. The highest BCUT2D eigenvalue weighted by Gasteiger charge is 2.55. The molecule has 2 rings (SSSR count). The maximum atomic E-state index is 10.1. The number of aliphatic hydroxyl groups excluding tert-OH is 1. The number of piperidine rings is 1. The van der Waals surface area contributed by atoms with Crippen LogP contribution in [0.15, 0.2) is 0 Å². The van der Waals surface area contributed by atoms with Crippen LogP contribution in [0.5, 0.6) is 0 Å². The minimum atomic E-state index is -0.123. The van der Waals surface area contributed by atoms with Gasteiger partial charge in [-0.25, -0.2) is 0 Å². The fourth-order valence-electron chi connectivity index (χ4n) is 3.44. The molecule has 2 aliphatic rings. The standard InChI is InChI=1S/C14H27NO2S/c1-3-17-13-11-12(16)14(13)5-8-15(9-6-14)7-4-10-18-2/h12-13,16H,3-11H2,1-2H3. The quantitative estimate of drug-likeness (QED) is 0.750. The molecule has 18 heavy (non-hydrogen) atoms. The van der Waals surface area contributed by atoms with Crippen LogP contribution in [0.3, 0.4) is 0 Å². The summed E-state index contributed by atoms with van der Waals surface area (Å²) in [7, 11) is 0. The van der Waals surface area contributed by atoms with Gasteiger partial charge >= 0.3 is 0 Å². The van der Waals surface area contributed by atoms with E-state index >= 15 is 0 Å². The molecule has 2 unspecified atom stereocenters. The number of nitrogens with zero attached hydrogens (tertiary/aromatic N) is 1. The fraction of sp³-hybridized carbons (Fsp3) is 1.00. The van der Waals surface area contributed by atoms with Gasteiger partial charge in [-0.05, 0) is 57.8 Å². The summed E-state index contributed by atoms with van der Waals surface area (Å²) in [6.45, 7) is 6.31. The molecule has 1 heterocycles. The second-order valence-corrected chi connectivity index (χ2v) is 6.60. The monoisotopic (exact) mass is 273 g/mol.